The summed E-state index contributed by atoms with van der Waals surface area (Å²) < 4.78 is 29.9. The lowest BCUT2D eigenvalue weighted by molar-refractivity contribution is -0.139. The number of fused-ring (bicyclic) bond motifs is 1. The van der Waals surface area contributed by atoms with Crippen LogP contribution in [-0.2, 0) is 21.9 Å². The number of pyridine rings is 1. The van der Waals surface area contributed by atoms with E-state index in [-0.39, 0.29) is 4.90 Å². The molecule has 25 heavy (non-hydrogen) atoms. The number of carboxylic acids is 1. The second kappa shape index (κ2) is 6.21. The summed E-state index contributed by atoms with van der Waals surface area (Å²) in [5.74, 6) is -1.30. The lowest BCUT2D eigenvalue weighted by Crippen LogP contribution is -2.34. The van der Waals surface area contributed by atoms with Crippen LogP contribution >= 0.6 is 11.3 Å². The van der Waals surface area contributed by atoms with Gasteiger partial charge in [-0.1, -0.05) is 0 Å². The van der Waals surface area contributed by atoms with Crippen molar-refractivity contribution >= 4 is 37.5 Å². The van der Waals surface area contributed by atoms with Gasteiger partial charge in [-0.05, 0) is 31.4 Å². The summed E-state index contributed by atoms with van der Waals surface area (Å²) in [6, 6.07) is 1.83. The van der Waals surface area contributed by atoms with Crippen molar-refractivity contribution in [3.05, 3.63) is 40.7 Å². The number of nitrogens with zero attached hydrogens (tertiary/aromatic N) is 3. The van der Waals surface area contributed by atoms with Gasteiger partial charge in [-0.25, -0.2) is 8.42 Å². The number of carbonyl (C=O) groups is 1. The summed E-state index contributed by atoms with van der Waals surface area (Å²) in [5, 5.41) is 15.5. The third kappa shape index (κ3) is 3.15. The normalized spacial score (nSPS) is 13.2. The highest BCUT2D eigenvalue weighted by Gasteiger charge is 2.31. The van der Waals surface area contributed by atoms with Crippen LogP contribution in [0.4, 0.5) is 0 Å². The number of nitrogens with one attached hydrogen (secondary N) is 1. The van der Waals surface area contributed by atoms with Gasteiger partial charge in [-0.3, -0.25) is 14.5 Å². The lowest BCUT2D eigenvalue weighted by Gasteiger charge is -2.15. The van der Waals surface area contributed by atoms with Gasteiger partial charge in [-0.2, -0.15) is 9.82 Å². The zero-order valence-corrected chi connectivity index (χ0v) is 15.3. The maximum atomic E-state index is 12.7. The van der Waals surface area contributed by atoms with Crippen molar-refractivity contribution in [3.8, 4) is 0 Å². The summed E-state index contributed by atoms with van der Waals surface area (Å²) in [6.45, 7) is 3.34. The van der Waals surface area contributed by atoms with Gasteiger partial charge in [0.2, 0.25) is 10.0 Å². The minimum Gasteiger partial charge on any atom is -0.480 e. The second-order valence-corrected chi connectivity index (χ2v) is 8.24. The van der Waals surface area contributed by atoms with E-state index < -0.39 is 22.0 Å². The molecule has 1 unspecified atom stereocenters. The Hall–Kier alpha value is -2.30. The Bertz CT molecular complexity index is 1070. The molecule has 3 heterocycles. The van der Waals surface area contributed by atoms with Crippen molar-refractivity contribution in [2.24, 2.45) is 7.05 Å². The Morgan fingerprint density at radius 3 is 2.72 bits per heavy atom. The summed E-state index contributed by atoms with van der Waals surface area (Å²) in [4.78, 5) is 15.7. The number of rotatable bonds is 5. The van der Waals surface area contributed by atoms with E-state index in [0.29, 0.717) is 27.2 Å². The van der Waals surface area contributed by atoms with Crippen molar-refractivity contribution in [2.75, 3.05) is 0 Å². The van der Waals surface area contributed by atoms with Gasteiger partial charge in [0.1, 0.15) is 10.9 Å². The van der Waals surface area contributed by atoms with Crippen LogP contribution in [0.1, 0.15) is 23.0 Å². The SMILES string of the molecule is Cc1nn(C)c(C)c1C(NS(=O)(=O)c1cnc2ccsc2c1)C(=O)O. The molecule has 2 N–H and O–H groups in total. The molecule has 0 saturated carbocycles. The predicted molar refractivity (Wildman–Crippen MR) is 93.0 cm³/mol. The van der Waals surface area contributed by atoms with Crippen LogP contribution in [0.25, 0.3) is 10.2 Å². The Morgan fingerprint density at radius 2 is 2.12 bits per heavy atom. The minimum atomic E-state index is -4.07. The zero-order valence-electron chi connectivity index (χ0n) is 13.7. The number of hydrogen-bond acceptors (Lipinski definition) is 6. The first-order valence-electron chi connectivity index (χ1n) is 7.29. The molecule has 0 amide bonds. The van der Waals surface area contributed by atoms with E-state index in [1.807, 2.05) is 5.38 Å². The fraction of sp³-hybridized carbons (Fsp3) is 0.267. The Morgan fingerprint density at radius 1 is 1.40 bits per heavy atom. The van der Waals surface area contributed by atoms with Gasteiger partial charge in [0.05, 0.1) is 15.9 Å². The van der Waals surface area contributed by atoms with Crippen LogP contribution in [-0.4, -0.2) is 34.3 Å². The number of aryl methyl sites for hydroxylation is 2. The Balaban J connectivity index is 2.02. The van der Waals surface area contributed by atoms with E-state index in [1.165, 1.54) is 28.3 Å². The van der Waals surface area contributed by atoms with Crippen molar-refractivity contribution in [2.45, 2.75) is 24.8 Å². The maximum absolute atomic E-state index is 12.7. The van der Waals surface area contributed by atoms with Gasteiger partial charge in [0.15, 0.2) is 0 Å². The molecule has 0 bridgehead atoms. The molecule has 3 rings (SSSR count). The summed E-state index contributed by atoms with van der Waals surface area (Å²) in [7, 11) is -2.40. The molecule has 3 aromatic heterocycles. The van der Waals surface area contributed by atoms with Crippen LogP contribution in [0.2, 0.25) is 0 Å². The molecule has 1 atom stereocenters. The summed E-state index contributed by atoms with van der Waals surface area (Å²) in [5.41, 5.74) is 2.07. The molecule has 0 aliphatic rings. The lowest BCUT2D eigenvalue weighted by atomic mass is 10.1. The van der Waals surface area contributed by atoms with Gasteiger partial charge in [0.25, 0.3) is 0 Å². The van der Waals surface area contributed by atoms with Crippen molar-refractivity contribution in [3.63, 3.8) is 0 Å². The van der Waals surface area contributed by atoms with Crippen LogP contribution in [0.5, 0.6) is 0 Å². The van der Waals surface area contributed by atoms with Gasteiger partial charge in [-0.15, -0.1) is 11.3 Å². The highest BCUT2D eigenvalue weighted by molar-refractivity contribution is 7.89. The van der Waals surface area contributed by atoms with Crippen molar-refractivity contribution < 1.29 is 18.3 Å². The third-order valence-electron chi connectivity index (χ3n) is 3.96. The molecule has 132 valence electrons. The molecule has 8 nitrogen and oxygen atoms in total. The first-order chi connectivity index (χ1) is 11.7. The van der Waals surface area contributed by atoms with E-state index in [2.05, 4.69) is 14.8 Å². The van der Waals surface area contributed by atoms with E-state index in [0.717, 1.165) is 0 Å². The molecule has 0 fully saturated rings. The maximum Gasteiger partial charge on any atom is 0.326 e. The molecular formula is C15H16N4O4S2. The molecular weight excluding hydrogens is 364 g/mol. The highest BCUT2D eigenvalue weighted by atomic mass is 32.2. The highest BCUT2D eigenvalue weighted by Crippen LogP contribution is 2.26. The number of carboxylic acid groups (broad SMARTS) is 1. The average Bonchev–Trinajstić information content (AvgIpc) is 3.09. The second-order valence-electron chi connectivity index (χ2n) is 5.58. The van der Waals surface area contributed by atoms with Gasteiger partial charge in [0, 0.05) is 24.5 Å². The molecule has 0 radical (unpaired) electrons. The zero-order chi connectivity index (χ0) is 18.4. The van der Waals surface area contributed by atoms with E-state index in [1.54, 1.807) is 27.0 Å². The molecule has 0 aromatic carbocycles. The molecule has 10 heteroatoms. The summed E-state index contributed by atoms with van der Waals surface area (Å²) >= 11 is 1.36. The van der Waals surface area contributed by atoms with E-state index >= 15 is 0 Å². The molecule has 0 saturated heterocycles. The number of sulfonamides is 1. The van der Waals surface area contributed by atoms with Gasteiger partial charge < -0.3 is 5.11 Å². The van der Waals surface area contributed by atoms with Crippen molar-refractivity contribution in [1.29, 1.82) is 0 Å². The van der Waals surface area contributed by atoms with E-state index in [9.17, 15) is 18.3 Å². The Kier molecular flexibility index (Phi) is 4.35. The number of thiophene rings is 1. The smallest absolute Gasteiger partial charge is 0.326 e. The summed E-state index contributed by atoms with van der Waals surface area (Å²) in [6.07, 6.45) is 1.22. The number of aromatic nitrogens is 3. The number of aliphatic carboxylic acids is 1. The quantitative estimate of drug-likeness (QED) is 0.697. The van der Waals surface area contributed by atoms with Gasteiger partial charge >= 0.3 is 5.97 Å². The first kappa shape index (κ1) is 17.5. The molecule has 0 aliphatic carbocycles. The fourth-order valence-electron chi connectivity index (χ4n) is 2.64. The van der Waals surface area contributed by atoms with Crippen LogP contribution in [0, 0.1) is 13.8 Å². The standard InChI is InChI=1S/C15H16N4O4S2/c1-8-13(9(2)19(3)17-8)14(15(20)21)18-25(22,23)10-6-12-11(16-7-10)4-5-24-12/h4-7,14,18H,1-3H3,(H,20,21). The minimum absolute atomic E-state index is 0.0760. The van der Waals surface area contributed by atoms with Crippen molar-refractivity contribution in [1.82, 2.24) is 19.5 Å². The first-order valence-corrected chi connectivity index (χ1v) is 9.65. The average molecular weight is 380 g/mol. The number of hydrogen-bond donors (Lipinski definition) is 2. The third-order valence-corrected chi connectivity index (χ3v) is 6.20. The molecule has 3 aromatic rings. The monoisotopic (exact) mass is 380 g/mol. The van der Waals surface area contributed by atoms with Crippen LogP contribution < -0.4 is 4.72 Å². The molecule has 0 aliphatic heterocycles. The topological polar surface area (TPSA) is 114 Å². The predicted octanol–water partition coefficient (Wildman–Crippen LogP) is 1.75. The Labute approximate surface area is 148 Å². The largest absolute Gasteiger partial charge is 0.480 e. The molecule has 0 spiro atoms. The van der Waals surface area contributed by atoms with Crippen LogP contribution in [0.15, 0.2) is 28.6 Å². The van der Waals surface area contributed by atoms with Crippen LogP contribution in [0.3, 0.4) is 0 Å². The fourth-order valence-corrected chi connectivity index (χ4v) is 4.62. The van der Waals surface area contributed by atoms with E-state index in [4.69, 9.17) is 0 Å².